The first-order chi connectivity index (χ1) is 4.81. The summed E-state index contributed by atoms with van der Waals surface area (Å²) in [5.74, 6) is 0. The van der Waals surface area contributed by atoms with E-state index in [0.29, 0.717) is 6.04 Å². The Labute approximate surface area is 88.0 Å². The summed E-state index contributed by atoms with van der Waals surface area (Å²) in [5, 5.41) is 3.14. The number of rotatable bonds is 4. The predicted molar refractivity (Wildman–Crippen MR) is 60.2 cm³/mol. The van der Waals surface area contributed by atoms with Crippen molar-refractivity contribution in [3.05, 3.63) is 0 Å². The molecule has 0 spiro atoms. The number of nitrogens with one attached hydrogen (secondary N) is 1. The van der Waals surface area contributed by atoms with Gasteiger partial charge in [-0.3, -0.25) is 5.32 Å². The van der Waals surface area contributed by atoms with Crippen molar-refractivity contribution >= 4 is 35.2 Å². The molecule has 1 N–H and O–H groups in total. The van der Waals surface area contributed by atoms with Crippen LogP contribution in [0.25, 0.3) is 0 Å². The molecule has 0 radical (unpaired) electrons. The molecule has 11 heavy (non-hydrogen) atoms. The molecule has 1 atom stereocenters. The molecule has 2 nitrogen and oxygen atoms in total. The van der Waals surface area contributed by atoms with Crippen LogP contribution in [0.5, 0.6) is 0 Å². The summed E-state index contributed by atoms with van der Waals surface area (Å²) in [6, 6.07) is 0.399. The van der Waals surface area contributed by atoms with E-state index >= 15 is 0 Å². The molecule has 0 saturated heterocycles. The summed E-state index contributed by atoms with van der Waals surface area (Å²) >= 11 is 6.45. The van der Waals surface area contributed by atoms with Gasteiger partial charge in [-0.05, 0) is 50.3 Å². The highest BCUT2D eigenvalue weighted by molar-refractivity contribution is 14.1. The Kier molecular flexibility index (Phi) is 5.33. The maximum atomic E-state index is 5.49. The lowest BCUT2D eigenvalue weighted by atomic mass is 10.4. The third-order valence-electron chi connectivity index (χ3n) is 0.868. The van der Waals surface area contributed by atoms with E-state index < -0.39 is 0 Å². The van der Waals surface area contributed by atoms with Crippen molar-refractivity contribution in [3.63, 3.8) is 0 Å². The molecule has 0 aromatic rings. The second-order valence-corrected chi connectivity index (χ2v) is 6.22. The van der Waals surface area contributed by atoms with Gasteiger partial charge in [0.05, 0.1) is 0 Å². The SMILES string of the molecule is CC(C)NC(S)OC(C)(C)I. The van der Waals surface area contributed by atoms with Crippen LogP contribution in [0.15, 0.2) is 0 Å². The number of hydrogen-bond donors (Lipinski definition) is 2. The second-order valence-electron chi connectivity index (χ2n) is 3.15. The van der Waals surface area contributed by atoms with Gasteiger partial charge < -0.3 is 4.74 Å². The topological polar surface area (TPSA) is 21.3 Å². The Morgan fingerprint density at radius 2 is 1.91 bits per heavy atom. The summed E-state index contributed by atoms with van der Waals surface area (Å²) < 4.78 is 5.33. The van der Waals surface area contributed by atoms with Gasteiger partial charge in [0.1, 0.15) is 3.61 Å². The first-order valence-electron chi connectivity index (χ1n) is 3.62. The van der Waals surface area contributed by atoms with Crippen LogP contribution >= 0.6 is 35.2 Å². The molecule has 1 unspecified atom stereocenters. The fraction of sp³-hybridized carbons (Fsp3) is 1.00. The lowest BCUT2D eigenvalue weighted by Gasteiger charge is -2.24. The van der Waals surface area contributed by atoms with E-state index in [-0.39, 0.29) is 9.17 Å². The van der Waals surface area contributed by atoms with Crippen LogP contribution in [-0.2, 0) is 4.74 Å². The van der Waals surface area contributed by atoms with Crippen molar-refractivity contribution in [2.75, 3.05) is 0 Å². The Balaban J connectivity index is 3.61. The zero-order valence-corrected chi connectivity index (χ0v) is 10.4. The molecule has 0 aliphatic carbocycles. The van der Waals surface area contributed by atoms with Crippen LogP contribution in [0.3, 0.4) is 0 Å². The van der Waals surface area contributed by atoms with E-state index in [1.165, 1.54) is 0 Å². The minimum Gasteiger partial charge on any atom is -0.338 e. The average molecular weight is 289 g/mol. The lowest BCUT2D eigenvalue weighted by molar-refractivity contribution is 0.0271. The molecule has 0 fully saturated rings. The summed E-state index contributed by atoms with van der Waals surface area (Å²) in [4.78, 5) is 0. The number of thiol groups is 1. The van der Waals surface area contributed by atoms with Gasteiger partial charge >= 0.3 is 0 Å². The maximum absolute atomic E-state index is 5.49. The minimum absolute atomic E-state index is 0.161. The Morgan fingerprint density at radius 1 is 1.45 bits per heavy atom. The summed E-state index contributed by atoms with van der Waals surface area (Å²) in [5.41, 5.74) is -0.179. The van der Waals surface area contributed by atoms with Gasteiger partial charge in [0.15, 0.2) is 5.56 Å². The molecular weight excluding hydrogens is 273 g/mol. The van der Waals surface area contributed by atoms with Crippen LogP contribution in [0, 0.1) is 0 Å². The van der Waals surface area contributed by atoms with Crippen LogP contribution in [0.2, 0.25) is 0 Å². The van der Waals surface area contributed by atoms with E-state index in [4.69, 9.17) is 4.74 Å². The van der Waals surface area contributed by atoms with Crippen LogP contribution < -0.4 is 5.32 Å². The molecule has 0 aromatic carbocycles. The maximum Gasteiger partial charge on any atom is 0.155 e. The quantitative estimate of drug-likeness (QED) is 0.359. The van der Waals surface area contributed by atoms with Gasteiger partial charge in [-0.15, -0.1) is 12.6 Å². The molecule has 4 heteroatoms. The highest BCUT2D eigenvalue weighted by Crippen LogP contribution is 2.20. The summed E-state index contributed by atoms with van der Waals surface area (Å²) in [6.45, 7) is 8.12. The van der Waals surface area contributed by atoms with E-state index in [1.54, 1.807) is 0 Å². The lowest BCUT2D eigenvalue weighted by Crippen LogP contribution is -2.36. The molecule has 0 rings (SSSR count). The van der Waals surface area contributed by atoms with Crippen LogP contribution in [0.1, 0.15) is 27.7 Å². The monoisotopic (exact) mass is 289 g/mol. The second kappa shape index (κ2) is 4.89. The van der Waals surface area contributed by atoms with Crippen molar-refractivity contribution in [1.82, 2.24) is 5.32 Å². The molecule has 68 valence electrons. The van der Waals surface area contributed by atoms with Crippen LogP contribution in [0.4, 0.5) is 0 Å². The van der Waals surface area contributed by atoms with Gasteiger partial charge in [0.25, 0.3) is 0 Å². The van der Waals surface area contributed by atoms with Crippen molar-refractivity contribution < 1.29 is 4.74 Å². The molecular formula is C7H16INOS. The zero-order valence-electron chi connectivity index (χ0n) is 7.39. The number of alkyl halides is 1. The van der Waals surface area contributed by atoms with E-state index in [9.17, 15) is 0 Å². The van der Waals surface area contributed by atoms with Gasteiger partial charge in [-0.2, -0.15) is 0 Å². The average Bonchev–Trinajstić information content (AvgIpc) is 1.53. The van der Waals surface area contributed by atoms with Crippen molar-refractivity contribution in [3.8, 4) is 0 Å². The third kappa shape index (κ3) is 8.91. The smallest absolute Gasteiger partial charge is 0.155 e. The van der Waals surface area contributed by atoms with Gasteiger partial charge in [0, 0.05) is 6.04 Å². The Hall–Kier alpha value is 1.00. The van der Waals surface area contributed by atoms with Crippen molar-refractivity contribution in [1.29, 1.82) is 0 Å². The zero-order chi connectivity index (χ0) is 9.07. The Bertz CT molecular complexity index is 113. The number of hydrogen-bond acceptors (Lipinski definition) is 3. The highest BCUT2D eigenvalue weighted by atomic mass is 127. The van der Waals surface area contributed by atoms with Crippen molar-refractivity contribution in [2.24, 2.45) is 0 Å². The largest absolute Gasteiger partial charge is 0.338 e. The molecule has 0 aliphatic rings. The molecule has 0 aromatic heterocycles. The fourth-order valence-electron chi connectivity index (χ4n) is 0.585. The van der Waals surface area contributed by atoms with Crippen molar-refractivity contribution in [2.45, 2.75) is 42.9 Å². The van der Waals surface area contributed by atoms with E-state index in [1.807, 2.05) is 13.8 Å². The Morgan fingerprint density at radius 3 is 2.18 bits per heavy atom. The van der Waals surface area contributed by atoms with E-state index in [2.05, 4.69) is 54.4 Å². The molecule has 0 bridgehead atoms. The van der Waals surface area contributed by atoms with Gasteiger partial charge in [-0.25, -0.2) is 0 Å². The molecule has 0 amide bonds. The van der Waals surface area contributed by atoms with Gasteiger partial charge in [0.2, 0.25) is 0 Å². The third-order valence-corrected chi connectivity index (χ3v) is 1.38. The van der Waals surface area contributed by atoms with Crippen LogP contribution in [-0.4, -0.2) is 15.2 Å². The van der Waals surface area contributed by atoms with Gasteiger partial charge in [-0.1, -0.05) is 0 Å². The number of ether oxygens (including phenoxy) is 1. The first kappa shape index (κ1) is 12.0. The van der Waals surface area contributed by atoms with E-state index in [0.717, 1.165) is 0 Å². The first-order valence-corrected chi connectivity index (χ1v) is 5.21. The molecule has 0 heterocycles. The predicted octanol–water partition coefficient (Wildman–Crippen LogP) is 2.39. The standard InChI is InChI=1S/C7H16INOS/c1-5(2)9-6(11)10-7(3,4)8/h5-6,9,11H,1-4H3. The number of halogens is 1. The summed E-state index contributed by atoms with van der Waals surface area (Å²) in [7, 11) is 0. The molecule has 0 aliphatic heterocycles. The highest BCUT2D eigenvalue weighted by Gasteiger charge is 2.17. The molecule has 0 saturated carbocycles. The minimum atomic E-state index is -0.179. The normalized spacial score (nSPS) is 15.5. The fourth-order valence-corrected chi connectivity index (χ4v) is 1.60. The summed E-state index contributed by atoms with van der Waals surface area (Å²) in [6.07, 6.45) is 0.